The molecule has 5 heteroatoms. The number of hydrogen-bond donors (Lipinski definition) is 0. The van der Waals surface area contributed by atoms with Gasteiger partial charge in [0, 0.05) is 22.6 Å². The first-order valence-corrected chi connectivity index (χ1v) is 10.2. The molecule has 0 aliphatic rings. The predicted molar refractivity (Wildman–Crippen MR) is 116 cm³/mol. The number of nitrogens with zero attached hydrogens (tertiary/aromatic N) is 2. The number of benzene rings is 3. The number of carbonyl (C=O) groups is 1. The number of rotatable bonds is 4. The summed E-state index contributed by atoms with van der Waals surface area (Å²) in [5, 5.41) is 0.962. The van der Waals surface area contributed by atoms with Gasteiger partial charge < -0.3 is 4.90 Å². The zero-order valence-electron chi connectivity index (χ0n) is 14.7. The molecular formula is C22H17BrN2OS. The van der Waals surface area contributed by atoms with Gasteiger partial charge in [-0.05, 0) is 42.0 Å². The summed E-state index contributed by atoms with van der Waals surface area (Å²) in [7, 11) is 0. The van der Waals surface area contributed by atoms with Crippen LogP contribution in [0, 0.1) is 0 Å². The van der Waals surface area contributed by atoms with Crippen molar-refractivity contribution in [3.63, 3.8) is 0 Å². The van der Waals surface area contributed by atoms with Gasteiger partial charge in [-0.15, -0.1) is 11.3 Å². The van der Waals surface area contributed by atoms with Crippen molar-refractivity contribution in [1.29, 1.82) is 0 Å². The summed E-state index contributed by atoms with van der Waals surface area (Å²) >= 11 is 5.16. The smallest absolute Gasteiger partial charge is 0.224 e. The van der Waals surface area contributed by atoms with Gasteiger partial charge in [0.15, 0.2) is 0 Å². The first-order chi connectivity index (χ1) is 13.1. The van der Waals surface area contributed by atoms with Crippen molar-refractivity contribution < 1.29 is 4.79 Å². The molecule has 4 rings (SSSR count). The molecular weight excluding hydrogens is 420 g/mol. The van der Waals surface area contributed by atoms with Crippen molar-refractivity contribution in [3.8, 4) is 10.6 Å². The van der Waals surface area contributed by atoms with E-state index in [9.17, 15) is 4.79 Å². The Kier molecular flexibility index (Phi) is 5.05. The minimum absolute atomic E-state index is 0.0106. The number of aromatic nitrogens is 1. The maximum Gasteiger partial charge on any atom is 0.224 e. The number of fused-ring (bicyclic) bond motifs is 1. The molecule has 134 valence electrons. The number of para-hydroxylation sites is 1. The molecule has 27 heavy (non-hydrogen) atoms. The largest absolute Gasteiger partial charge is 0.308 e. The third-order valence-corrected chi connectivity index (χ3v) is 5.89. The molecule has 0 aliphatic heterocycles. The number of hydrogen-bond acceptors (Lipinski definition) is 3. The van der Waals surface area contributed by atoms with Crippen LogP contribution in [0.2, 0.25) is 0 Å². The van der Waals surface area contributed by atoms with E-state index in [0.717, 1.165) is 36.5 Å². The van der Waals surface area contributed by atoms with Gasteiger partial charge in [0.2, 0.25) is 5.91 Å². The van der Waals surface area contributed by atoms with Crippen LogP contribution >= 0.6 is 27.3 Å². The number of thiazole rings is 1. The van der Waals surface area contributed by atoms with E-state index >= 15 is 0 Å². The molecule has 3 aromatic carbocycles. The van der Waals surface area contributed by atoms with Gasteiger partial charge in [0.25, 0.3) is 0 Å². The van der Waals surface area contributed by atoms with E-state index in [2.05, 4.69) is 22.0 Å². The van der Waals surface area contributed by atoms with E-state index < -0.39 is 0 Å². The van der Waals surface area contributed by atoms with Gasteiger partial charge in [-0.1, -0.05) is 52.3 Å². The Hall–Kier alpha value is -2.50. The highest BCUT2D eigenvalue weighted by molar-refractivity contribution is 9.10. The second kappa shape index (κ2) is 7.62. The lowest BCUT2D eigenvalue weighted by molar-refractivity contribution is -0.116. The summed E-state index contributed by atoms with van der Waals surface area (Å²) < 4.78 is 2.17. The number of halogens is 1. The van der Waals surface area contributed by atoms with Crippen LogP contribution in [-0.4, -0.2) is 10.9 Å². The van der Waals surface area contributed by atoms with Crippen molar-refractivity contribution in [1.82, 2.24) is 4.98 Å². The molecule has 3 nitrogen and oxygen atoms in total. The summed E-state index contributed by atoms with van der Waals surface area (Å²) in [6, 6.07) is 24.2. The average Bonchev–Trinajstić information content (AvgIpc) is 3.10. The lowest BCUT2D eigenvalue weighted by Gasteiger charge is -2.22. The van der Waals surface area contributed by atoms with Gasteiger partial charge in [-0.3, -0.25) is 4.79 Å². The molecule has 1 amide bonds. The monoisotopic (exact) mass is 436 g/mol. The molecule has 0 unspecified atom stereocenters. The van der Waals surface area contributed by atoms with Crippen molar-refractivity contribution in [2.75, 3.05) is 4.90 Å². The minimum Gasteiger partial charge on any atom is -0.308 e. The van der Waals surface area contributed by atoms with Crippen LogP contribution in [0.1, 0.15) is 12.5 Å². The van der Waals surface area contributed by atoms with Crippen LogP contribution in [-0.2, 0) is 11.3 Å². The molecule has 1 heterocycles. The summed E-state index contributed by atoms with van der Waals surface area (Å²) in [6.45, 7) is 2.13. The highest BCUT2D eigenvalue weighted by atomic mass is 79.9. The highest BCUT2D eigenvalue weighted by Gasteiger charge is 2.14. The Labute approximate surface area is 170 Å². The average molecular weight is 437 g/mol. The maximum absolute atomic E-state index is 12.3. The summed E-state index contributed by atoms with van der Waals surface area (Å²) in [5.41, 5.74) is 3.97. The van der Waals surface area contributed by atoms with E-state index in [-0.39, 0.29) is 5.91 Å². The molecule has 0 saturated carbocycles. The molecule has 0 aliphatic carbocycles. The fraction of sp³-hybridized carbons (Fsp3) is 0.0909. The number of carbonyl (C=O) groups excluding carboxylic acids is 1. The van der Waals surface area contributed by atoms with Crippen molar-refractivity contribution in [2.45, 2.75) is 13.5 Å². The van der Waals surface area contributed by atoms with Crippen LogP contribution in [0.5, 0.6) is 0 Å². The number of anilines is 1. The minimum atomic E-state index is 0.0106. The molecule has 0 spiro atoms. The topological polar surface area (TPSA) is 33.2 Å². The van der Waals surface area contributed by atoms with E-state index in [0.29, 0.717) is 6.54 Å². The Morgan fingerprint density at radius 2 is 1.85 bits per heavy atom. The fourth-order valence-electron chi connectivity index (χ4n) is 3.00. The van der Waals surface area contributed by atoms with Crippen LogP contribution in [0.3, 0.4) is 0 Å². The zero-order chi connectivity index (χ0) is 18.8. The van der Waals surface area contributed by atoms with Gasteiger partial charge in [0.1, 0.15) is 5.01 Å². The first-order valence-electron chi connectivity index (χ1n) is 8.59. The molecule has 4 aromatic rings. The van der Waals surface area contributed by atoms with Gasteiger partial charge >= 0.3 is 0 Å². The van der Waals surface area contributed by atoms with E-state index in [1.807, 2.05) is 66.7 Å². The standard InChI is InChI=1S/C22H17BrN2OS/c1-15(26)25(14-16-6-4-8-18(23)12-16)19-9-5-7-17(13-19)22-24-20-10-2-3-11-21(20)27-22/h2-13H,14H2,1H3. The van der Waals surface area contributed by atoms with E-state index in [1.165, 1.54) is 0 Å². The van der Waals surface area contributed by atoms with Crippen molar-refractivity contribution in [3.05, 3.63) is 82.8 Å². The molecule has 0 fully saturated rings. The van der Waals surface area contributed by atoms with Gasteiger partial charge in [0.05, 0.1) is 16.8 Å². The SMILES string of the molecule is CC(=O)N(Cc1cccc(Br)c1)c1cccc(-c2nc3ccccc3s2)c1. The molecule has 0 atom stereocenters. The first kappa shape index (κ1) is 17.9. The van der Waals surface area contributed by atoms with Crippen LogP contribution in [0.25, 0.3) is 20.8 Å². The summed E-state index contributed by atoms with van der Waals surface area (Å²) in [6.07, 6.45) is 0. The lowest BCUT2D eigenvalue weighted by atomic mass is 10.1. The lowest BCUT2D eigenvalue weighted by Crippen LogP contribution is -2.27. The van der Waals surface area contributed by atoms with Crippen LogP contribution in [0.15, 0.2) is 77.3 Å². The Bertz CT molecular complexity index is 1090. The van der Waals surface area contributed by atoms with E-state index in [4.69, 9.17) is 4.98 Å². The highest BCUT2D eigenvalue weighted by Crippen LogP contribution is 2.32. The van der Waals surface area contributed by atoms with E-state index in [1.54, 1.807) is 23.2 Å². The second-order valence-corrected chi connectivity index (χ2v) is 8.22. The number of amides is 1. The Morgan fingerprint density at radius 1 is 1.04 bits per heavy atom. The molecule has 0 radical (unpaired) electrons. The van der Waals surface area contributed by atoms with Gasteiger partial charge in [-0.25, -0.2) is 4.98 Å². The maximum atomic E-state index is 12.3. The summed E-state index contributed by atoms with van der Waals surface area (Å²) in [5.74, 6) is 0.0106. The molecule has 1 aromatic heterocycles. The normalized spacial score (nSPS) is 10.9. The second-order valence-electron chi connectivity index (χ2n) is 6.27. The Balaban J connectivity index is 1.69. The third kappa shape index (κ3) is 3.94. The molecule has 0 N–H and O–H groups in total. The van der Waals surface area contributed by atoms with Crippen LogP contribution in [0.4, 0.5) is 5.69 Å². The fourth-order valence-corrected chi connectivity index (χ4v) is 4.41. The van der Waals surface area contributed by atoms with Crippen LogP contribution < -0.4 is 4.90 Å². The quantitative estimate of drug-likeness (QED) is 0.377. The Morgan fingerprint density at radius 3 is 2.63 bits per heavy atom. The predicted octanol–water partition coefficient (Wildman–Crippen LogP) is 6.28. The summed E-state index contributed by atoms with van der Waals surface area (Å²) in [4.78, 5) is 18.8. The van der Waals surface area contributed by atoms with Gasteiger partial charge in [-0.2, -0.15) is 0 Å². The zero-order valence-corrected chi connectivity index (χ0v) is 17.1. The molecule has 0 bridgehead atoms. The molecule has 0 saturated heterocycles. The van der Waals surface area contributed by atoms with Crippen molar-refractivity contribution >= 4 is 49.1 Å². The third-order valence-electron chi connectivity index (χ3n) is 4.31. The van der Waals surface area contributed by atoms with Crippen molar-refractivity contribution in [2.24, 2.45) is 0 Å².